The van der Waals surface area contributed by atoms with E-state index in [1.165, 1.54) is 0 Å². The van der Waals surface area contributed by atoms with E-state index in [1.807, 2.05) is 19.1 Å². The lowest BCUT2D eigenvalue weighted by Crippen LogP contribution is -2.40. The second-order valence-corrected chi connectivity index (χ2v) is 6.59. The fourth-order valence-electron chi connectivity index (χ4n) is 2.17. The van der Waals surface area contributed by atoms with Crippen LogP contribution in [0, 0.1) is 18.3 Å². The van der Waals surface area contributed by atoms with Gasteiger partial charge in [0.1, 0.15) is 0 Å². The van der Waals surface area contributed by atoms with Crippen molar-refractivity contribution in [2.45, 2.75) is 39.8 Å². The van der Waals surface area contributed by atoms with Gasteiger partial charge in [0.2, 0.25) is 5.91 Å². The lowest BCUT2D eigenvalue weighted by Gasteiger charge is -2.27. The van der Waals surface area contributed by atoms with Gasteiger partial charge in [-0.15, -0.1) is 0 Å². The number of benzene rings is 1. The molecule has 0 bridgehead atoms. The first-order valence-electron chi connectivity index (χ1n) is 7.54. The smallest absolute Gasteiger partial charge is 0.394 e. The molecule has 1 rings (SSSR count). The topological polar surface area (TPSA) is 66.4 Å². The maximum Gasteiger partial charge on any atom is 0.394 e. The van der Waals surface area contributed by atoms with E-state index in [4.69, 9.17) is 0 Å². The molecule has 7 heteroatoms. The third-order valence-corrected chi connectivity index (χ3v) is 3.83. The number of hydrogen-bond donors (Lipinski definition) is 2. The molecule has 0 aliphatic carbocycles. The molecule has 1 atom stereocenters. The van der Waals surface area contributed by atoms with Crippen LogP contribution >= 0.6 is 0 Å². The zero-order chi connectivity index (χ0) is 18.5. The number of carbonyl (C=O) groups is 2. The number of aliphatic carboxylic acids is 1. The standard InChI is InChI=1S/C17H22F3NO3/c1-11-5-4-6-12(7-11)8-13(15(23)24)10-21-14(22)9-16(2,3)17(18,19)20/h4-7,13H,8-10H2,1-3H3,(H,21,22)(H,23,24). The first-order valence-corrected chi connectivity index (χ1v) is 7.54. The SMILES string of the molecule is Cc1cccc(CC(CNC(=O)CC(C)(C)C(F)(F)F)C(=O)O)c1. The Bertz CT molecular complexity index is 597. The summed E-state index contributed by atoms with van der Waals surface area (Å²) in [7, 11) is 0. The predicted octanol–water partition coefficient (Wildman–Crippen LogP) is 3.33. The average Bonchev–Trinajstić information content (AvgIpc) is 2.41. The number of rotatable bonds is 7. The molecule has 134 valence electrons. The fourth-order valence-corrected chi connectivity index (χ4v) is 2.17. The molecule has 1 aromatic rings. The highest BCUT2D eigenvalue weighted by Crippen LogP contribution is 2.40. The Hall–Kier alpha value is -2.05. The van der Waals surface area contributed by atoms with Gasteiger partial charge in [0.15, 0.2) is 0 Å². The number of carboxylic acid groups (broad SMARTS) is 1. The summed E-state index contributed by atoms with van der Waals surface area (Å²) in [6.07, 6.45) is -5.05. The van der Waals surface area contributed by atoms with Crippen molar-refractivity contribution in [3.8, 4) is 0 Å². The van der Waals surface area contributed by atoms with Crippen LogP contribution in [-0.4, -0.2) is 29.7 Å². The van der Waals surface area contributed by atoms with Crippen LogP contribution in [0.2, 0.25) is 0 Å². The highest BCUT2D eigenvalue weighted by molar-refractivity contribution is 5.78. The molecule has 24 heavy (non-hydrogen) atoms. The first kappa shape index (κ1) is 20.0. The summed E-state index contributed by atoms with van der Waals surface area (Å²) in [5.41, 5.74) is -0.383. The van der Waals surface area contributed by atoms with Crippen molar-refractivity contribution in [1.29, 1.82) is 0 Å². The van der Waals surface area contributed by atoms with E-state index in [-0.39, 0.29) is 13.0 Å². The van der Waals surface area contributed by atoms with Gasteiger partial charge in [0, 0.05) is 13.0 Å². The number of alkyl halides is 3. The second-order valence-electron chi connectivity index (χ2n) is 6.59. The molecule has 2 N–H and O–H groups in total. The Labute approximate surface area is 139 Å². The van der Waals surface area contributed by atoms with E-state index in [1.54, 1.807) is 12.1 Å². The Morgan fingerprint density at radius 1 is 1.25 bits per heavy atom. The van der Waals surface area contributed by atoms with E-state index < -0.39 is 35.8 Å². The number of carboxylic acids is 1. The molecular weight excluding hydrogens is 323 g/mol. The molecule has 0 radical (unpaired) electrons. The van der Waals surface area contributed by atoms with Crippen molar-refractivity contribution >= 4 is 11.9 Å². The normalized spacial score (nSPS) is 13.4. The first-order chi connectivity index (χ1) is 10.9. The van der Waals surface area contributed by atoms with Gasteiger partial charge < -0.3 is 10.4 Å². The van der Waals surface area contributed by atoms with Gasteiger partial charge in [0.25, 0.3) is 0 Å². The molecule has 0 saturated carbocycles. The third kappa shape index (κ3) is 5.86. The van der Waals surface area contributed by atoms with Crippen molar-refractivity contribution in [2.24, 2.45) is 11.3 Å². The van der Waals surface area contributed by atoms with Crippen molar-refractivity contribution in [2.75, 3.05) is 6.54 Å². The highest BCUT2D eigenvalue weighted by Gasteiger charge is 2.48. The number of aryl methyl sites for hydroxylation is 1. The summed E-state index contributed by atoms with van der Waals surface area (Å²) in [6.45, 7) is 3.54. The molecule has 0 aromatic heterocycles. The van der Waals surface area contributed by atoms with Crippen molar-refractivity contribution in [3.63, 3.8) is 0 Å². The molecule has 0 saturated heterocycles. The average molecular weight is 345 g/mol. The van der Waals surface area contributed by atoms with Crippen molar-refractivity contribution in [1.82, 2.24) is 5.32 Å². The van der Waals surface area contributed by atoms with Crippen LogP contribution in [-0.2, 0) is 16.0 Å². The van der Waals surface area contributed by atoms with Gasteiger partial charge in [-0.25, -0.2) is 0 Å². The van der Waals surface area contributed by atoms with Gasteiger partial charge in [-0.3, -0.25) is 9.59 Å². The largest absolute Gasteiger partial charge is 0.481 e. The number of nitrogens with one attached hydrogen (secondary N) is 1. The van der Waals surface area contributed by atoms with Crippen molar-refractivity contribution in [3.05, 3.63) is 35.4 Å². The zero-order valence-electron chi connectivity index (χ0n) is 13.9. The molecule has 0 fully saturated rings. The molecular formula is C17H22F3NO3. The predicted molar refractivity (Wildman–Crippen MR) is 83.5 cm³/mol. The molecule has 0 spiro atoms. The van der Waals surface area contributed by atoms with E-state index in [0.717, 1.165) is 25.0 Å². The molecule has 0 aliphatic rings. The van der Waals surface area contributed by atoms with Crippen LogP contribution in [0.15, 0.2) is 24.3 Å². The molecule has 1 amide bonds. The fraction of sp³-hybridized carbons (Fsp3) is 0.529. The van der Waals surface area contributed by atoms with Gasteiger partial charge in [-0.1, -0.05) is 43.7 Å². The Kier molecular flexibility index (Phi) is 6.40. The molecule has 0 heterocycles. The highest BCUT2D eigenvalue weighted by atomic mass is 19.4. The maximum absolute atomic E-state index is 12.8. The van der Waals surface area contributed by atoms with E-state index in [0.29, 0.717) is 0 Å². The van der Waals surface area contributed by atoms with Crippen LogP contribution < -0.4 is 5.32 Å². The summed E-state index contributed by atoms with van der Waals surface area (Å²) in [5.74, 6) is -2.82. The Balaban J connectivity index is 2.64. The molecule has 1 aromatic carbocycles. The quantitative estimate of drug-likeness (QED) is 0.797. The summed E-state index contributed by atoms with van der Waals surface area (Å²) in [4.78, 5) is 23.0. The van der Waals surface area contributed by atoms with Gasteiger partial charge in [-0.2, -0.15) is 13.2 Å². The Morgan fingerprint density at radius 2 is 1.88 bits per heavy atom. The molecule has 1 unspecified atom stereocenters. The minimum atomic E-state index is -4.50. The molecule has 4 nitrogen and oxygen atoms in total. The van der Waals surface area contributed by atoms with Gasteiger partial charge in [-0.05, 0) is 18.9 Å². The van der Waals surface area contributed by atoms with Crippen molar-refractivity contribution < 1.29 is 27.9 Å². The van der Waals surface area contributed by atoms with Crippen LogP contribution in [0.25, 0.3) is 0 Å². The van der Waals surface area contributed by atoms with Gasteiger partial charge >= 0.3 is 12.1 Å². The minimum Gasteiger partial charge on any atom is -0.481 e. The number of amides is 1. The minimum absolute atomic E-state index is 0.194. The van der Waals surface area contributed by atoms with Crippen LogP contribution in [0.5, 0.6) is 0 Å². The van der Waals surface area contributed by atoms with Crippen LogP contribution in [0.1, 0.15) is 31.4 Å². The Morgan fingerprint density at radius 3 is 2.38 bits per heavy atom. The number of carbonyl (C=O) groups excluding carboxylic acids is 1. The second kappa shape index (κ2) is 7.68. The number of hydrogen-bond acceptors (Lipinski definition) is 2. The van der Waals surface area contributed by atoms with E-state index >= 15 is 0 Å². The summed E-state index contributed by atoms with van der Waals surface area (Å²) >= 11 is 0. The summed E-state index contributed by atoms with van der Waals surface area (Å²) in [5, 5.41) is 11.6. The maximum atomic E-state index is 12.8. The lowest BCUT2D eigenvalue weighted by molar-refractivity contribution is -0.213. The lowest BCUT2D eigenvalue weighted by atomic mass is 9.88. The van der Waals surface area contributed by atoms with Crippen LogP contribution in [0.3, 0.4) is 0 Å². The third-order valence-electron chi connectivity index (χ3n) is 3.83. The monoisotopic (exact) mass is 345 g/mol. The van der Waals surface area contributed by atoms with E-state index in [9.17, 15) is 27.9 Å². The van der Waals surface area contributed by atoms with Gasteiger partial charge in [0.05, 0.1) is 11.3 Å². The number of halogens is 3. The summed E-state index contributed by atoms with van der Waals surface area (Å²) < 4.78 is 38.3. The molecule has 0 aliphatic heterocycles. The van der Waals surface area contributed by atoms with Crippen LogP contribution in [0.4, 0.5) is 13.2 Å². The summed E-state index contributed by atoms with van der Waals surface area (Å²) in [6, 6.07) is 7.29. The zero-order valence-corrected chi connectivity index (χ0v) is 13.9. The van der Waals surface area contributed by atoms with E-state index in [2.05, 4.69) is 5.32 Å².